The van der Waals surface area contributed by atoms with Gasteiger partial charge in [0.25, 0.3) is 0 Å². The van der Waals surface area contributed by atoms with Crippen molar-refractivity contribution in [2.45, 2.75) is 24.9 Å². The van der Waals surface area contributed by atoms with Gasteiger partial charge in [-0.25, -0.2) is 4.39 Å². The summed E-state index contributed by atoms with van der Waals surface area (Å²) in [6.45, 7) is 0. The van der Waals surface area contributed by atoms with Gasteiger partial charge in [-0.05, 0) is 24.1 Å². The first-order valence-corrected chi connectivity index (χ1v) is 5.07. The highest BCUT2D eigenvalue weighted by Gasteiger charge is 2.59. The van der Waals surface area contributed by atoms with E-state index in [9.17, 15) is 30.7 Å². The third-order valence-corrected chi connectivity index (χ3v) is 2.42. The van der Waals surface area contributed by atoms with E-state index in [1.165, 1.54) is 0 Å². The monoisotopic (exact) mass is 290 g/mol. The summed E-state index contributed by atoms with van der Waals surface area (Å²) < 4.78 is 86.5. The third-order valence-electron chi connectivity index (χ3n) is 2.42. The van der Waals surface area contributed by atoms with E-state index in [1.54, 1.807) is 0 Å². The molecule has 0 aromatic heterocycles. The number of rotatable bonds is 3. The lowest BCUT2D eigenvalue weighted by Gasteiger charge is -2.27. The molecule has 0 radical (unpaired) electrons. The van der Waals surface area contributed by atoms with Crippen LogP contribution in [0.5, 0.6) is 0 Å². The number of aliphatic hydroxyl groups is 1. The molecule has 0 amide bonds. The highest BCUT2D eigenvalue weighted by Crippen LogP contribution is 2.42. The van der Waals surface area contributed by atoms with E-state index in [2.05, 4.69) is 0 Å². The van der Waals surface area contributed by atoms with Gasteiger partial charge in [-0.2, -0.15) is 26.3 Å². The zero-order valence-electron chi connectivity index (χ0n) is 9.26. The first-order chi connectivity index (χ1) is 8.51. The Labute approximate surface area is 103 Å². The van der Waals surface area contributed by atoms with Crippen molar-refractivity contribution in [2.75, 3.05) is 0 Å². The molecule has 0 aliphatic heterocycles. The molecule has 0 heterocycles. The van der Waals surface area contributed by atoms with Crippen LogP contribution in [0.25, 0.3) is 0 Å². The van der Waals surface area contributed by atoms with Gasteiger partial charge in [-0.15, -0.1) is 0 Å². The molecule has 8 heteroatoms. The first-order valence-electron chi connectivity index (χ1n) is 5.07. The van der Waals surface area contributed by atoms with E-state index < -0.39 is 36.6 Å². The molecular formula is C11H9F7O. The molecule has 1 N–H and O–H groups in total. The van der Waals surface area contributed by atoms with Crippen molar-refractivity contribution in [3.8, 4) is 0 Å². The molecule has 1 atom stereocenters. The van der Waals surface area contributed by atoms with Crippen LogP contribution >= 0.6 is 0 Å². The van der Waals surface area contributed by atoms with Crippen LogP contribution in [0.4, 0.5) is 30.7 Å². The maximum Gasteiger partial charge on any atom is 0.403 e. The summed E-state index contributed by atoms with van der Waals surface area (Å²) in [5.41, 5.74) is -0.147. The van der Waals surface area contributed by atoms with Gasteiger partial charge in [0.2, 0.25) is 0 Å². The van der Waals surface area contributed by atoms with E-state index >= 15 is 0 Å². The quantitative estimate of drug-likeness (QED) is 0.845. The summed E-state index contributed by atoms with van der Waals surface area (Å²) >= 11 is 0. The van der Waals surface area contributed by atoms with Crippen LogP contribution in [0.1, 0.15) is 5.56 Å². The fourth-order valence-corrected chi connectivity index (χ4v) is 1.65. The van der Waals surface area contributed by atoms with Gasteiger partial charge >= 0.3 is 12.4 Å². The lowest BCUT2D eigenvalue weighted by atomic mass is 9.95. The van der Waals surface area contributed by atoms with Gasteiger partial charge in [0.1, 0.15) is 5.82 Å². The second-order valence-corrected chi connectivity index (χ2v) is 3.96. The fraction of sp³-hybridized carbons (Fsp3) is 0.455. The standard InChI is InChI=1S/C11H9F7O/c12-7-3-1-2-6(4-7)5-8(19)9(10(13,14)15)11(16,17)18/h1-4,8-9,19H,5H2. The number of halogens is 7. The summed E-state index contributed by atoms with van der Waals surface area (Å²) in [7, 11) is 0. The van der Waals surface area contributed by atoms with E-state index in [0.717, 1.165) is 24.3 Å². The second kappa shape index (κ2) is 5.36. The molecule has 0 saturated carbocycles. The summed E-state index contributed by atoms with van der Waals surface area (Å²) in [5, 5.41) is 9.16. The van der Waals surface area contributed by atoms with Crippen LogP contribution < -0.4 is 0 Å². The van der Waals surface area contributed by atoms with E-state index in [0.29, 0.717) is 0 Å². The zero-order valence-corrected chi connectivity index (χ0v) is 9.26. The molecule has 1 aromatic rings. The smallest absolute Gasteiger partial charge is 0.392 e. The topological polar surface area (TPSA) is 20.2 Å². The predicted octanol–water partition coefficient (Wildman–Crippen LogP) is 3.47. The Bertz CT molecular complexity index is 410. The highest BCUT2D eigenvalue weighted by molar-refractivity contribution is 5.17. The molecule has 0 spiro atoms. The Morgan fingerprint density at radius 3 is 1.95 bits per heavy atom. The Balaban J connectivity index is 2.93. The molecule has 0 aliphatic rings. The van der Waals surface area contributed by atoms with Crippen molar-refractivity contribution in [2.24, 2.45) is 5.92 Å². The molecule has 0 aliphatic carbocycles. The molecule has 1 aromatic carbocycles. The number of benzene rings is 1. The van der Waals surface area contributed by atoms with Crippen molar-refractivity contribution in [3.05, 3.63) is 35.6 Å². The van der Waals surface area contributed by atoms with Crippen LogP contribution in [0.15, 0.2) is 24.3 Å². The SMILES string of the molecule is OC(Cc1cccc(F)c1)C(C(F)(F)F)C(F)(F)F. The van der Waals surface area contributed by atoms with Crippen molar-refractivity contribution in [1.29, 1.82) is 0 Å². The van der Waals surface area contributed by atoms with Gasteiger partial charge in [0.05, 0.1) is 6.10 Å². The van der Waals surface area contributed by atoms with E-state index in [1.807, 2.05) is 0 Å². The molecule has 1 nitrogen and oxygen atoms in total. The molecule has 1 rings (SSSR count). The van der Waals surface area contributed by atoms with Crippen LogP contribution in [0.2, 0.25) is 0 Å². The average Bonchev–Trinajstić information content (AvgIpc) is 2.11. The average molecular weight is 290 g/mol. The predicted molar refractivity (Wildman–Crippen MR) is 51.7 cm³/mol. The minimum absolute atomic E-state index is 0.147. The summed E-state index contributed by atoms with van der Waals surface area (Å²) in [6.07, 6.45) is -14.9. The molecular weight excluding hydrogens is 281 g/mol. The number of alkyl halides is 6. The van der Waals surface area contributed by atoms with Crippen LogP contribution in [0.3, 0.4) is 0 Å². The van der Waals surface area contributed by atoms with Crippen LogP contribution in [-0.2, 0) is 6.42 Å². The van der Waals surface area contributed by atoms with E-state index in [-0.39, 0.29) is 5.56 Å². The number of hydrogen-bond donors (Lipinski definition) is 1. The maximum atomic E-state index is 12.8. The van der Waals surface area contributed by atoms with E-state index in [4.69, 9.17) is 5.11 Å². The Hall–Kier alpha value is -1.31. The van der Waals surface area contributed by atoms with Crippen molar-refractivity contribution in [3.63, 3.8) is 0 Å². The van der Waals surface area contributed by atoms with Crippen molar-refractivity contribution < 1.29 is 35.8 Å². The Morgan fingerprint density at radius 1 is 1.00 bits per heavy atom. The van der Waals surface area contributed by atoms with Gasteiger partial charge in [-0.3, -0.25) is 0 Å². The molecule has 0 fully saturated rings. The third kappa shape index (κ3) is 4.38. The summed E-state index contributed by atoms with van der Waals surface area (Å²) in [6, 6.07) is 4.03. The van der Waals surface area contributed by atoms with Crippen molar-refractivity contribution >= 4 is 0 Å². The first kappa shape index (κ1) is 15.7. The van der Waals surface area contributed by atoms with Crippen LogP contribution in [-0.4, -0.2) is 23.6 Å². The summed E-state index contributed by atoms with van der Waals surface area (Å²) in [4.78, 5) is 0. The second-order valence-electron chi connectivity index (χ2n) is 3.96. The van der Waals surface area contributed by atoms with Gasteiger partial charge in [-0.1, -0.05) is 12.1 Å². The minimum atomic E-state index is -5.62. The lowest BCUT2D eigenvalue weighted by molar-refractivity contribution is -0.305. The molecule has 0 saturated heterocycles. The number of aliphatic hydroxyl groups excluding tert-OH is 1. The fourth-order valence-electron chi connectivity index (χ4n) is 1.65. The van der Waals surface area contributed by atoms with Gasteiger partial charge in [0, 0.05) is 0 Å². The summed E-state index contributed by atoms with van der Waals surface area (Å²) in [5.74, 6) is -4.66. The molecule has 19 heavy (non-hydrogen) atoms. The Morgan fingerprint density at radius 2 is 1.53 bits per heavy atom. The van der Waals surface area contributed by atoms with Gasteiger partial charge < -0.3 is 5.11 Å². The van der Waals surface area contributed by atoms with Gasteiger partial charge in [0.15, 0.2) is 5.92 Å². The van der Waals surface area contributed by atoms with Crippen LogP contribution in [0, 0.1) is 11.7 Å². The minimum Gasteiger partial charge on any atom is -0.392 e. The molecule has 1 unspecified atom stereocenters. The van der Waals surface area contributed by atoms with Crippen molar-refractivity contribution in [1.82, 2.24) is 0 Å². The Kier molecular flexibility index (Phi) is 4.44. The highest BCUT2D eigenvalue weighted by atomic mass is 19.4. The normalized spacial score (nSPS) is 14.8. The largest absolute Gasteiger partial charge is 0.403 e. The lowest BCUT2D eigenvalue weighted by Crippen LogP contribution is -2.45. The number of hydrogen-bond acceptors (Lipinski definition) is 1. The maximum absolute atomic E-state index is 12.8. The zero-order chi connectivity index (χ0) is 14.8. The molecule has 0 bridgehead atoms. The molecule has 108 valence electrons.